The molecule has 0 bridgehead atoms. The minimum Gasteiger partial charge on any atom is -0.298 e. The monoisotopic (exact) mass is 281 g/mol. The van der Waals surface area contributed by atoms with Crippen LogP contribution in [-0.2, 0) is 14.4 Å². The number of carbonyl (C=O) groups excluding carboxylic acids is 3. The van der Waals surface area contributed by atoms with Gasteiger partial charge in [-0.3, -0.25) is 14.4 Å². The third kappa shape index (κ3) is 1.26. The van der Waals surface area contributed by atoms with Gasteiger partial charge in [-0.1, -0.05) is 0 Å². The summed E-state index contributed by atoms with van der Waals surface area (Å²) in [6.45, 7) is 3.05. The summed E-state index contributed by atoms with van der Waals surface area (Å²) in [7, 11) is 0. The molecule has 4 nitrogen and oxygen atoms in total. The summed E-state index contributed by atoms with van der Waals surface area (Å²) >= 11 is 1.63. The lowest BCUT2D eigenvalue weighted by molar-refractivity contribution is -0.152. The lowest BCUT2D eigenvalue weighted by atomic mass is 9.90. The number of carbonyl (C=O) groups is 3. The molecule has 0 radical (unpaired) electrons. The van der Waals surface area contributed by atoms with Gasteiger partial charge in [-0.25, -0.2) is 3.11 Å². The Morgan fingerprint density at radius 1 is 1.08 bits per heavy atom. The molecule has 1 aliphatic rings. The van der Waals surface area contributed by atoms with Gasteiger partial charge in [0, 0.05) is 0 Å². The Bertz CT molecular complexity index is 203. The zero-order valence-electron chi connectivity index (χ0n) is 6.70. The second-order valence-corrected chi connectivity index (χ2v) is 3.77. The quantitative estimate of drug-likeness (QED) is 0.282. The van der Waals surface area contributed by atoms with E-state index in [1.165, 1.54) is 13.8 Å². The normalized spacial score (nSPS) is 31.2. The number of rotatable bonds is 0. The highest BCUT2D eigenvalue weighted by atomic mass is 127. The molecule has 5 heteroatoms. The molecule has 2 atom stereocenters. The van der Waals surface area contributed by atoms with Gasteiger partial charge in [0.05, 0.1) is 34.7 Å². The van der Waals surface area contributed by atoms with E-state index in [-0.39, 0.29) is 5.78 Å². The molecular formula is C7H8INO3. The van der Waals surface area contributed by atoms with Crippen LogP contribution in [0.1, 0.15) is 13.8 Å². The van der Waals surface area contributed by atoms with Gasteiger partial charge < -0.3 is 0 Å². The van der Waals surface area contributed by atoms with Crippen molar-refractivity contribution in [1.82, 2.24) is 3.11 Å². The summed E-state index contributed by atoms with van der Waals surface area (Å²) in [5.41, 5.74) is 0. The first-order chi connectivity index (χ1) is 5.46. The van der Waals surface area contributed by atoms with Gasteiger partial charge in [0.2, 0.25) is 11.8 Å². The van der Waals surface area contributed by atoms with Gasteiger partial charge in [-0.05, 0) is 13.8 Å². The Hall–Kier alpha value is -0.460. The Morgan fingerprint density at radius 3 is 1.75 bits per heavy atom. The van der Waals surface area contributed by atoms with E-state index in [1.54, 1.807) is 22.9 Å². The molecule has 2 amide bonds. The summed E-state index contributed by atoms with van der Waals surface area (Å²) in [6, 6.07) is 0. The van der Waals surface area contributed by atoms with Gasteiger partial charge in [-0.2, -0.15) is 0 Å². The van der Waals surface area contributed by atoms with Crippen LogP contribution in [-0.4, -0.2) is 20.7 Å². The number of imide groups is 1. The lowest BCUT2D eigenvalue weighted by Crippen LogP contribution is -2.48. The first kappa shape index (κ1) is 9.63. The maximum absolute atomic E-state index is 11.2. The van der Waals surface area contributed by atoms with E-state index < -0.39 is 23.7 Å². The van der Waals surface area contributed by atoms with Crippen LogP contribution in [0.5, 0.6) is 0 Å². The molecule has 0 aliphatic carbocycles. The molecule has 0 aromatic heterocycles. The van der Waals surface area contributed by atoms with Crippen LogP contribution in [0.15, 0.2) is 0 Å². The number of piperidine rings is 1. The zero-order chi connectivity index (χ0) is 9.46. The molecule has 1 fully saturated rings. The predicted octanol–water partition coefficient (Wildman–Crippen LogP) is 0.546. The van der Waals surface area contributed by atoms with Crippen molar-refractivity contribution in [2.24, 2.45) is 11.8 Å². The number of hydrogen-bond acceptors (Lipinski definition) is 3. The fourth-order valence-corrected chi connectivity index (χ4v) is 1.90. The largest absolute Gasteiger partial charge is 0.298 e. The van der Waals surface area contributed by atoms with Crippen molar-refractivity contribution in [3.05, 3.63) is 0 Å². The van der Waals surface area contributed by atoms with E-state index in [0.717, 1.165) is 3.11 Å². The summed E-state index contributed by atoms with van der Waals surface area (Å²) in [6.07, 6.45) is 0. The Morgan fingerprint density at radius 2 is 1.42 bits per heavy atom. The summed E-state index contributed by atoms with van der Waals surface area (Å²) in [5, 5.41) is 0. The van der Waals surface area contributed by atoms with Crippen LogP contribution >= 0.6 is 22.9 Å². The van der Waals surface area contributed by atoms with Crippen LogP contribution in [0.2, 0.25) is 0 Å². The van der Waals surface area contributed by atoms with Gasteiger partial charge >= 0.3 is 0 Å². The van der Waals surface area contributed by atoms with E-state index in [9.17, 15) is 14.4 Å². The molecule has 1 saturated heterocycles. The van der Waals surface area contributed by atoms with Crippen LogP contribution in [0, 0.1) is 11.8 Å². The fourth-order valence-electron chi connectivity index (χ4n) is 1.07. The third-order valence-electron chi connectivity index (χ3n) is 1.98. The number of halogens is 1. The lowest BCUT2D eigenvalue weighted by Gasteiger charge is -2.26. The highest BCUT2D eigenvalue weighted by Gasteiger charge is 2.42. The summed E-state index contributed by atoms with van der Waals surface area (Å²) in [5.74, 6) is -2.45. The molecule has 0 aromatic carbocycles. The van der Waals surface area contributed by atoms with E-state index >= 15 is 0 Å². The van der Waals surface area contributed by atoms with Crippen molar-refractivity contribution in [1.29, 1.82) is 0 Å². The SMILES string of the molecule is CC1C(=O)C(C)C(=O)N(I)C1=O. The minimum atomic E-state index is -0.672. The molecule has 0 aromatic rings. The van der Waals surface area contributed by atoms with Crippen molar-refractivity contribution in [3.8, 4) is 0 Å². The van der Waals surface area contributed by atoms with Gasteiger partial charge in [0.15, 0.2) is 5.78 Å². The highest BCUT2D eigenvalue weighted by Crippen LogP contribution is 2.22. The van der Waals surface area contributed by atoms with E-state index in [4.69, 9.17) is 0 Å². The number of ketones is 1. The Labute approximate surface area is 83.8 Å². The average molecular weight is 281 g/mol. The van der Waals surface area contributed by atoms with Gasteiger partial charge in [0.25, 0.3) is 0 Å². The molecule has 1 rings (SSSR count). The van der Waals surface area contributed by atoms with E-state index in [2.05, 4.69) is 0 Å². The fraction of sp³-hybridized carbons (Fsp3) is 0.571. The van der Waals surface area contributed by atoms with Crippen molar-refractivity contribution >= 4 is 40.5 Å². The second kappa shape index (κ2) is 3.12. The molecular weight excluding hydrogens is 273 g/mol. The average Bonchev–Trinajstić information content (AvgIpc) is 2.08. The number of hydrogen-bond donors (Lipinski definition) is 0. The van der Waals surface area contributed by atoms with Crippen molar-refractivity contribution in [2.45, 2.75) is 13.8 Å². The van der Waals surface area contributed by atoms with Gasteiger partial charge in [0.1, 0.15) is 0 Å². The van der Waals surface area contributed by atoms with E-state index in [1.807, 2.05) is 0 Å². The molecule has 0 spiro atoms. The van der Waals surface area contributed by atoms with Crippen molar-refractivity contribution < 1.29 is 14.4 Å². The Balaban J connectivity index is 2.99. The van der Waals surface area contributed by atoms with E-state index in [0.29, 0.717) is 0 Å². The second-order valence-electron chi connectivity index (χ2n) is 2.80. The molecule has 2 unspecified atom stereocenters. The zero-order valence-corrected chi connectivity index (χ0v) is 8.86. The summed E-state index contributed by atoms with van der Waals surface area (Å²) < 4.78 is 0.995. The minimum absolute atomic E-state index is 0.280. The van der Waals surface area contributed by atoms with Crippen LogP contribution in [0.4, 0.5) is 0 Å². The Kier molecular flexibility index (Phi) is 2.50. The van der Waals surface area contributed by atoms with Gasteiger partial charge in [-0.15, -0.1) is 0 Å². The molecule has 0 N–H and O–H groups in total. The predicted molar refractivity (Wildman–Crippen MR) is 49.2 cm³/mol. The maximum Gasteiger partial charge on any atom is 0.248 e. The number of amides is 2. The number of Topliss-reactive ketones (excluding diaryl/α,β-unsaturated/α-hetero) is 1. The first-order valence-corrected chi connectivity index (χ1v) is 4.50. The molecule has 12 heavy (non-hydrogen) atoms. The standard InChI is InChI=1S/C7H8INO3/c1-3-5(10)4(2)7(12)9(8)6(3)11/h3-4H,1-2H3. The highest BCUT2D eigenvalue weighted by molar-refractivity contribution is 14.1. The van der Waals surface area contributed by atoms with Crippen molar-refractivity contribution in [2.75, 3.05) is 0 Å². The van der Waals surface area contributed by atoms with Crippen molar-refractivity contribution in [3.63, 3.8) is 0 Å². The molecule has 0 saturated carbocycles. The maximum atomic E-state index is 11.2. The summed E-state index contributed by atoms with van der Waals surface area (Å²) in [4.78, 5) is 33.6. The number of nitrogens with zero attached hydrogens (tertiary/aromatic N) is 1. The van der Waals surface area contributed by atoms with Crippen LogP contribution in [0.25, 0.3) is 0 Å². The van der Waals surface area contributed by atoms with Crippen LogP contribution in [0.3, 0.4) is 0 Å². The smallest absolute Gasteiger partial charge is 0.248 e. The topological polar surface area (TPSA) is 54.5 Å². The first-order valence-electron chi connectivity index (χ1n) is 3.54. The third-order valence-corrected chi connectivity index (χ3v) is 2.93. The molecule has 66 valence electrons. The molecule has 1 heterocycles. The van der Waals surface area contributed by atoms with Crippen LogP contribution < -0.4 is 0 Å². The molecule has 1 aliphatic heterocycles.